The summed E-state index contributed by atoms with van der Waals surface area (Å²) < 4.78 is 1.42. The lowest BCUT2D eigenvalue weighted by molar-refractivity contribution is 0.441. The zero-order valence-electron chi connectivity index (χ0n) is 10.3. The Labute approximate surface area is 120 Å². The van der Waals surface area contributed by atoms with Gasteiger partial charge in [-0.25, -0.2) is 0 Å². The molecule has 0 unspecified atom stereocenters. The van der Waals surface area contributed by atoms with Crippen LogP contribution in [0, 0.1) is 0 Å². The molecule has 1 N–H and O–H groups in total. The number of benzene rings is 1. The molecule has 0 fully saturated rings. The highest BCUT2D eigenvalue weighted by Crippen LogP contribution is 2.25. The highest BCUT2D eigenvalue weighted by molar-refractivity contribution is 7.99. The van der Waals surface area contributed by atoms with Crippen LogP contribution in [0.2, 0.25) is 5.02 Å². The number of thioether (sulfide) groups is 1. The van der Waals surface area contributed by atoms with Crippen molar-refractivity contribution in [1.82, 2.24) is 9.55 Å². The fourth-order valence-electron chi connectivity index (χ4n) is 1.59. The zero-order chi connectivity index (χ0) is 13.8. The molecule has 2 rings (SSSR count). The molecule has 0 aliphatic heterocycles. The quantitative estimate of drug-likeness (QED) is 0.696. The Morgan fingerprint density at radius 1 is 1.42 bits per heavy atom. The largest absolute Gasteiger partial charge is 0.493 e. The van der Waals surface area contributed by atoms with E-state index >= 15 is 0 Å². The lowest BCUT2D eigenvalue weighted by atomic mass is 10.3. The molecule has 1 heterocycles. The fourth-order valence-corrected chi connectivity index (χ4v) is 2.68. The Kier molecular flexibility index (Phi) is 4.50. The van der Waals surface area contributed by atoms with Crippen LogP contribution in [-0.2, 0) is 0 Å². The van der Waals surface area contributed by atoms with Gasteiger partial charge in [0.25, 0.3) is 5.56 Å². The molecule has 1 aromatic carbocycles. The van der Waals surface area contributed by atoms with Crippen molar-refractivity contribution in [3.8, 4) is 11.6 Å². The van der Waals surface area contributed by atoms with Crippen molar-refractivity contribution >= 4 is 23.4 Å². The average Bonchev–Trinajstić information content (AvgIpc) is 2.37. The molecule has 6 heteroatoms. The molecule has 0 saturated carbocycles. The van der Waals surface area contributed by atoms with Crippen LogP contribution in [0.5, 0.6) is 5.88 Å². The summed E-state index contributed by atoms with van der Waals surface area (Å²) in [7, 11) is 0. The first-order valence-electron chi connectivity index (χ1n) is 5.84. The minimum Gasteiger partial charge on any atom is -0.493 e. The Morgan fingerprint density at radius 2 is 2.16 bits per heavy atom. The normalized spacial score (nSPS) is 10.6. The first kappa shape index (κ1) is 14.0. The summed E-state index contributed by atoms with van der Waals surface area (Å²) in [4.78, 5) is 16.1. The second-order valence-electron chi connectivity index (χ2n) is 3.87. The zero-order valence-corrected chi connectivity index (χ0v) is 11.9. The van der Waals surface area contributed by atoms with Gasteiger partial charge in [0.15, 0.2) is 5.16 Å². The van der Waals surface area contributed by atoms with Gasteiger partial charge < -0.3 is 5.11 Å². The highest BCUT2D eigenvalue weighted by Gasteiger charge is 2.12. The smallest absolute Gasteiger partial charge is 0.262 e. The van der Waals surface area contributed by atoms with Crippen molar-refractivity contribution in [2.24, 2.45) is 0 Å². The number of hydrogen-bond acceptors (Lipinski definition) is 4. The van der Waals surface area contributed by atoms with Crippen molar-refractivity contribution in [2.45, 2.75) is 18.5 Å². The van der Waals surface area contributed by atoms with Crippen LogP contribution in [0.3, 0.4) is 0 Å². The van der Waals surface area contributed by atoms with E-state index in [-0.39, 0.29) is 11.4 Å². The molecule has 2 aromatic rings. The number of aromatic hydroxyl groups is 1. The molecule has 0 bridgehead atoms. The lowest BCUT2D eigenvalue weighted by Gasteiger charge is -2.12. The SMILES string of the molecule is CCCSc1nc(O)cc(=O)n1-c1ccccc1Cl. The van der Waals surface area contributed by atoms with Crippen LogP contribution >= 0.6 is 23.4 Å². The summed E-state index contributed by atoms with van der Waals surface area (Å²) in [6.07, 6.45) is 0.943. The van der Waals surface area contributed by atoms with E-state index in [4.69, 9.17) is 11.6 Å². The molecular weight excluding hydrogens is 284 g/mol. The van der Waals surface area contributed by atoms with Crippen LogP contribution in [-0.4, -0.2) is 20.4 Å². The molecule has 100 valence electrons. The average molecular weight is 297 g/mol. The summed E-state index contributed by atoms with van der Waals surface area (Å²) in [6.45, 7) is 2.04. The molecule has 0 saturated heterocycles. The van der Waals surface area contributed by atoms with E-state index in [1.54, 1.807) is 24.3 Å². The second-order valence-corrected chi connectivity index (χ2v) is 5.34. The van der Waals surface area contributed by atoms with Gasteiger partial charge >= 0.3 is 0 Å². The van der Waals surface area contributed by atoms with Crippen LogP contribution in [0.25, 0.3) is 5.69 Å². The van der Waals surface area contributed by atoms with Crippen LogP contribution in [0.1, 0.15) is 13.3 Å². The van der Waals surface area contributed by atoms with Crippen molar-refractivity contribution < 1.29 is 5.11 Å². The van der Waals surface area contributed by atoms with E-state index < -0.39 is 0 Å². The number of nitrogens with zero attached hydrogens (tertiary/aromatic N) is 2. The van der Waals surface area contributed by atoms with Gasteiger partial charge in [0.2, 0.25) is 5.88 Å². The Balaban J connectivity index is 2.61. The highest BCUT2D eigenvalue weighted by atomic mass is 35.5. The van der Waals surface area contributed by atoms with Gasteiger partial charge in [-0.15, -0.1) is 0 Å². The van der Waals surface area contributed by atoms with E-state index in [0.717, 1.165) is 18.2 Å². The van der Waals surface area contributed by atoms with E-state index in [9.17, 15) is 9.90 Å². The predicted molar refractivity (Wildman–Crippen MR) is 77.5 cm³/mol. The van der Waals surface area contributed by atoms with Crippen LogP contribution < -0.4 is 5.56 Å². The minimum absolute atomic E-state index is 0.271. The molecule has 4 nitrogen and oxygen atoms in total. The van der Waals surface area contributed by atoms with Gasteiger partial charge in [-0.2, -0.15) is 4.98 Å². The molecule has 0 radical (unpaired) electrons. The predicted octanol–water partition coefficient (Wildman–Crippen LogP) is 3.09. The van der Waals surface area contributed by atoms with Gasteiger partial charge in [-0.3, -0.25) is 9.36 Å². The van der Waals surface area contributed by atoms with Crippen molar-refractivity contribution in [2.75, 3.05) is 5.75 Å². The maximum Gasteiger partial charge on any atom is 0.262 e. The molecule has 0 amide bonds. The third-order valence-corrected chi connectivity index (χ3v) is 3.87. The summed E-state index contributed by atoms with van der Waals surface area (Å²) >= 11 is 7.53. The Hall–Kier alpha value is -1.46. The van der Waals surface area contributed by atoms with Gasteiger partial charge in [0.1, 0.15) is 0 Å². The first-order valence-corrected chi connectivity index (χ1v) is 7.20. The van der Waals surface area contributed by atoms with Crippen LogP contribution in [0.15, 0.2) is 40.3 Å². The summed E-state index contributed by atoms with van der Waals surface area (Å²) in [6, 6.07) is 8.14. The third kappa shape index (κ3) is 3.11. The minimum atomic E-state index is -0.348. The standard InChI is InChI=1S/C13H13ClN2O2S/c1-2-7-19-13-15-11(17)8-12(18)16(13)10-6-4-3-5-9(10)14/h3-6,8,17H,2,7H2,1H3. The molecule has 0 atom stereocenters. The third-order valence-electron chi connectivity index (χ3n) is 2.40. The number of para-hydroxylation sites is 1. The van der Waals surface area contributed by atoms with Crippen LogP contribution in [0.4, 0.5) is 0 Å². The molecule has 19 heavy (non-hydrogen) atoms. The number of rotatable bonds is 4. The first-order chi connectivity index (χ1) is 9.13. The van der Waals surface area contributed by atoms with Gasteiger partial charge in [0.05, 0.1) is 16.8 Å². The fraction of sp³-hybridized carbons (Fsp3) is 0.231. The molecular formula is C13H13ClN2O2S. The molecule has 0 aliphatic carbocycles. The molecule has 1 aromatic heterocycles. The van der Waals surface area contributed by atoms with E-state index in [2.05, 4.69) is 4.98 Å². The molecule has 0 aliphatic rings. The van der Waals surface area contributed by atoms with E-state index in [0.29, 0.717) is 15.9 Å². The van der Waals surface area contributed by atoms with Gasteiger partial charge in [0, 0.05) is 5.75 Å². The van der Waals surface area contributed by atoms with E-state index in [1.165, 1.54) is 16.3 Å². The second kappa shape index (κ2) is 6.12. The summed E-state index contributed by atoms with van der Waals surface area (Å²) in [5.41, 5.74) is 0.222. The van der Waals surface area contributed by atoms with Gasteiger partial charge in [-0.05, 0) is 18.6 Å². The topological polar surface area (TPSA) is 55.1 Å². The van der Waals surface area contributed by atoms with E-state index in [1.807, 2.05) is 6.92 Å². The maximum absolute atomic E-state index is 12.1. The van der Waals surface area contributed by atoms with Crippen molar-refractivity contribution in [1.29, 1.82) is 0 Å². The Morgan fingerprint density at radius 3 is 2.84 bits per heavy atom. The molecule has 0 spiro atoms. The maximum atomic E-state index is 12.1. The number of halogens is 1. The number of hydrogen-bond donors (Lipinski definition) is 1. The van der Waals surface area contributed by atoms with Gasteiger partial charge in [-0.1, -0.05) is 42.4 Å². The van der Waals surface area contributed by atoms with Crippen molar-refractivity contribution in [3.05, 3.63) is 45.7 Å². The number of aromatic nitrogens is 2. The Bertz CT molecular complexity index is 643. The summed E-state index contributed by atoms with van der Waals surface area (Å²) in [5.74, 6) is 0.535. The lowest BCUT2D eigenvalue weighted by Crippen LogP contribution is -2.20. The van der Waals surface area contributed by atoms with Crippen molar-refractivity contribution in [3.63, 3.8) is 0 Å². The summed E-state index contributed by atoms with van der Waals surface area (Å²) in [5, 5.41) is 10.4. The monoisotopic (exact) mass is 296 g/mol.